The molecular weight excluding hydrogens is 440 g/mol. The first-order valence-electron chi connectivity index (χ1n) is 10.5. The van der Waals surface area contributed by atoms with Crippen LogP contribution in [-0.4, -0.2) is 25.9 Å². The Bertz CT molecular complexity index is 1340. The second-order valence-electron chi connectivity index (χ2n) is 7.76. The highest BCUT2D eigenvalue weighted by atomic mass is 32.2. The maximum absolute atomic E-state index is 12.8. The summed E-state index contributed by atoms with van der Waals surface area (Å²) in [5.74, 6) is 1.13. The Balaban J connectivity index is 1.43. The summed E-state index contributed by atoms with van der Waals surface area (Å²) in [6.07, 6.45) is 2.21. The van der Waals surface area contributed by atoms with E-state index in [0.29, 0.717) is 41.4 Å². The van der Waals surface area contributed by atoms with E-state index in [2.05, 4.69) is 10.3 Å². The predicted octanol–water partition coefficient (Wildman–Crippen LogP) is 4.50. The largest absolute Gasteiger partial charge is 0.469 e. The quantitative estimate of drug-likeness (QED) is 0.412. The summed E-state index contributed by atoms with van der Waals surface area (Å²) < 4.78 is 36.5. The molecule has 0 aliphatic rings. The summed E-state index contributed by atoms with van der Waals surface area (Å²) in [4.78, 5) is 17.0. The maximum atomic E-state index is 12.8. The third kappa shape index (κ3) is 5.40. The lowest BCUT2D eigenvalue weighted by molar-refractivity contribution is 0.0953. The zero-order valence-electron chi connectivity index (χ0n) is 18.4. The van der Waals surface area contributed by atoms with Gasteiger partial charge in [-0.25, -0.2) is 13.4 Å². The Morgan fingerprint density at radius 1 is 1.00 bits per heavy atom. The SMILES string of the molecule is Cc1ccc(S(=O)(=O)Cc2nc(-c3ccc(C(=O)NCCc4ccco4)cc3)oc2C)cc1. The van der Waals surface area contributed by atoms with Crippen molar-refractivity contribution in [2.24, 2.45) is 0 Å². The standard InChI is InChI=1S/C25H24N2O5S/c1-17-5-11-22(12-6-17)33(29,30)16-23-18(2)32-25(27-23)20-9-7-19(8-10-20)24(28)26-14-13-21-4-3-15-31-21/h3-12,15H,13-14,16H2,1-2H3,(H,26,28). The first-order valence-corrected chi connectivity index (χ1v) is 12.1. The second-order valence-corrected chi connectivity index (χ2v) is 9.75. The molecule has 0 bridgehead atoms. The zero-order valence-corrected chi connectivity index (χ0v) is 19.2. The van der Waals surface area contributed by atoms with Gasteiger partial charge in [0.25, 0.3) is 5.91 Å². The molecule has 4 rings (SSSR count). The molecule has 0 fully saturated rings. The van der Waals surface area contributed by atoms with Crippen molar-refractivity contribution >= 4 is 15.7 Å². The minimum absolute atomic E-state index is 0.193. The van der Waals surface area contributed by atoms with Crippen LogP contribution < -0.4 is 5.32 Å². The first-order chi connectivity index (χ1) is 15.8. The van der Waals surface area contributed by atoms with E-state index in [9.17, 15) is 13.2 Å². The van der Waals surface area contributed by atoms with Gasteiger partial charge in [-0.1, -0.05) is 17.7 Å². The number of rotatable bonds is 8. The van der Waals surface area contributed by atoms with Crippen LogP contribution >= 0.6 is 0 Å². The highest BCUT2D eigenvalue weighted by molar-refractivity contribution is 7.90. The Hall–Kier alpha value is -3.65. The molecule has 33 heavy (non-hydrogen) atoms. The summed E-state index contributed by atoms with van der Waals surface area (Å²) in [6, 6.07) is 17.2. The maximum Gasteiger partial charge on any atom is 0.251 e. The number of hydrogen-bond acceptors (Lipinski definition) is 6. The van der Waals surface area contributed by atoms with Crippen molar-refractivity contribution in [3.05, 3.63) is 95.3 Å². The lowest BCUT2D eigenvalue weighted by Crippen LogP contribution is -2.25. The van der Waals surface area contributed by atoms with E-state index in [1.165, 1.54) is 0 Å². The van der Waals surface area contributed by atoms with Crippen LogP contribution in [0.1, 0.15) is 33.1 Å². The van der Waals surface area contributed by atoms with Gasteiger partial charge in [-0.3, -0.25) is 4.79 Å². The molecule has 2 aromatic carbocycles. The Labute approximate surface area is 192 Å². The number of nitrogens with zero attached hydrogens (tertiary/aromatic N) is 1. The van der Waals surface area contributed by atoms with Crippen molar-refractivity contribution in [2.45, 2.75) is 30.9 Å². The van der Waals surface area contributed by atoms with Gasteiger partial charge in [0.1, 0.15) is 17.3 Å². The molecule has 0 saturated carbocycles. The highest BCUT2D eigenvalue weighted by Gasteiger charge is 2.21. The number of furan rings is 1. The van der Waals surface area contributed by atoms with Crippen LogP contribution in [-0.2, 0) is 22.0 Å². The molecular formula is C25H24N2O5S. The third-order valence-electron chi connectivity index (χ3n) is 5.23. The van der Waals surface area contributed by atoms with Crippen LogP contribution in [0.5, 0.6) is 0 Å². The van der Waals surface area contributed by atoms with Gasteiger partial charge in [0.15, 0.2) is 9.84 Å². The molecule has 8 heteroatoms. The number of benzene rings is 2. The van der Waals surface area contributed by atoms with Crippen molar-refractivity contribution in [3.63, 3.8) is 0 Å². The minimum Gasteiger partial charge on any atom is -0.469 e. The number of aromatic nitrogens is 1. The Morgan fingerprint density at radius 3 is 2.39 bits per heavy atom. The molecule has 0 aliphatic heterocycles. The van der Waals surface area contributed by atoms with Crippen molar-refractivity contribution in [1.29, 1.82) is 0 Å². The van der Waals surface area contributed by atoms with E-state index >= 15 is 0 Å². The lowest BCUT2D eigenvalue weighted by Gasteiger charge is -2.04. The van der Waals surface area contributed by atoms with Crippen molar-refractivity contribution in [2.75, 3.05) is 6.54 Å². The summed E-state index contributed by atoms with van der Waals surface area (Å²) in [7, 11) is -3.55. The zero-order chi connectivity index (χ0) is 23.4. The van der Waals surface area contributed by atoms with Crippen LogP contribution in [0.25, 0.3) is 11.5 Å². The molecule has 1 amide bonds. The van der Waals surface area contributed by atoms with Gasteiger partial charge in [-0.05, 0) is 62.4 Å². The first kappa shape index (κ1) is 22.5. The van der Waals surface area contributed by atoms with Crippen LogP contribution in [0.3, 0.4) is 0 Å². The summed E-state index contributed by atoms with van der Waals surface area (Å²) in [5.41, 5.74) is 2.52. The average Bonchev–Trinajstić information content (AvgIpc) is 3.44. The molecule has 0 unspecified atom stereocenters. The smallest absolute Gasteiger partial charge is 0.251 e. The fraction of sp³-hybridized carbons (Fsp3) is 0.200. The van der Waals surface area contributed by atoms with E-state index in [0.717, 1.165) is 11.3 Å². The number of hydrogen-bond donors (Lipinski definition) is 1. The van der Waals surface area contributed by atoms with Gasteiger partial charge in [0.05, 0.1) is 16.9 Å². The average molecular weight is 465 g/mol. The van der Waals surface area contributed by atoms with E-state index in [-0.39, 0.29) is 16.6 Å². The molecule has 0 atom stereocenters. The minimum atomic E-state index is -3.55. The fourth-order valence-electron chi connectivity index (χ4n) is 3.31. The Morgan fingerprint density at radius 2 is 1.73 bits per heavy atom. The van der Waals surface area contributed by atoms with E-state index in [1.54, 1.807) is 61.7 Å². The predicted molar refractivity (Wildman–Crippen MR) is 123 cm³/mol. The van der Waals surface area contributed by atoms with Crippen LogP contribution in [0.15, 0.2) is 80.7 Å². The summed E-state index contributed by atoms with van der Waals surface area (Å²) >= 11 is 0. The molecule has 0 aliphatic carbocycles. The van der Waals surface area contributed by atoms with Gasteiger partial charge < -0.3 is 14.2 Å². The van der Waals surface area contributed by atoms with Gasteiger partial charge in [-0.2, -0.15) is 0 Å². The number of nitrogens with one attached hydrogen (secondary N) is 1. The van der Waals surface area contributed by atoms with Crippen LogP contribution in [0, 0.1) is 13.8 Å². The molecule has 0 saturated heterocycles. The summed E-state index contributed by atoms with van der Waals surface area (Å²) in [5, 5.41) is 2.85. The Kier molecular flexibility index (Phi) is 6.46. The molecule has 2 aromatic heterocycles. The molecule has 7 nitrogen and oxygen atoms in total. The van der Waals surface area contributed by atoms with Gasteiger partial charge in [0.2, 0.25) is 5.89 Å². The van der Waals surface area contributed by atoms with Crippen molar-refractivity contribution in [3.8, 4) is 11.5 Å². The molecule has 0 spiro atoms. The number of amides is 1. The van der Waals surface area contributed by atoms with Gasteiger partial charge in [0, 0.05) is 24.1 Å². The molecule has 1 N–H and O–H groups in total. The van der Waals surface area contributed by atoms with Crippen molar-refractivity contribution < 1.29 is 22.0 Å². The second kappa shape index (κ2) is 9.46. The number of oxazole rings is 1. The molecule has 4 aromatic rings. The van der Waals surface area contributed by atoms with E-state index in [1.807, 2.05) is 19.1 Å². The lowest BCUT2D eigenvalue weighted by atomic mass is 10.1. The fourth-order valence-corrected chi connectivity index (χ4v) is 4.66. The van der Waals surface area contributed by atoms with E-state index in [4.69, 9.17) is 8.83 Å². The molecule has 2 heterocycles. The topological polar surface area (TPSA) is 102 Å². The summed E-state index contributed by atoms with van der Waals surface area (Å²) in [6.45, 7) is 4.06. The normalized spacial score (nSPS) is 11.5. The molecule has 170 valence electrons. The molecule has 0 radical (unpaired) electrons. The number of carbonyl (C=O) groups is 1. The number of carbonyl (C=O) groups excluding carboxylic acids is 1. The van der Waals surface area contributed by atoms with Crippen molar-refractivity contribution in [1.82, 2.24) is 10.3 Å². The van der Waals surface area contributed by atoms with Crippen LogP contribution in [0.2, 0.25) is 0 Å². The highest BCUT2D eigenvalue weighted by Crippen LogP contribution is 2.25. The van der Waals surface area contributed by atoms with Gasteiger partial charge >= 0.3 is 0 Å². The van der Waals surface area contributed by atoms with E-state index < -0.39 is 9.84 Å². The number of aryl methyl sites for hydroxylation is 2. The van der Waals surface area contributed by atoms with Crippen LogP contribution in [0.4, 0.5) is 0 Å². The third-order valence-corrected chi connectivity index (χ3v) is 6.87. The van der Waals surface area contributed by atoms with Gasteiger partial charge in [-0.15, -0.1) is 0 Å². The monoisotopic (exact) mass is 464 g/mol. The number of sulfone groups is 1.